The van der Waals surface area contributed by atoms with Gasteiger partial charge in [-0.05, 0) is 37.7 Å². The molecule has 1 N–H and O–H groups in total. The molecule has 0 aromatic carbocycles. The average Bonchev–Trinajstić information content (AvgIpc) is 2.31. The number of nitrogens with one attached hydrogen (secondary N) is 1. The number of hydrogen-bond acceptors (Lipinski definition) is 3. The maximum Gasteiger partial charge on any atom is 0.0198 e. The molecule has 1 saturated carbocycles. The lowest BCUT2D eigenvalue weighted by Crippen LogP contribution is -2.47. The second kappa shape index (κ2) is 6.41. The number of rotatable bonds is 3. The average molecular weight is 245 g/mol. The Morgan fingerprint density at radius 3 is 2.73 bits per heavy atom. The maximum atomic E-state index is 3.92. The van der Waals surface area contributed by atoms with Crippen molar-refractivity contribution in [3.8, 4) is 0 Å². The fourth-order valence-electron chi connectivity index (χ4n) is 2.74. The Bertz CT molecular complexity index is 180. The van der Waals surface area contributed by atoms with Crippen LogP contribution in [-0.2, 0) is 0 Å². The van der Waals surface area contributed by atoms with E-state index in [9.17, 15) is 0 Å². The van der Waals surface area contributed by atoms with Gasteiger partial charge < -0.3 is 5.32 Å². The van der Waals surface area contributed by atoms with Crippen molar-refractivity contribution in [1.82, 2.24) is 5.32 Å². The third kappa shape index (κ3) is 3.57. The molecule has 0 bridgehead atoms. The fourth-order valence-corrected chi connectivity index (χ4v) is 4.77. The Balaban J connectivity index is 1.79. The molecule has 1 saturated heterocycles. The van der Waals surface area contributed by atoms with Gasteiger partial charge in [0, 0.05) is 23.1 Å². The van der Waals surface area contributed by atoms with E-state index in [0.717, 1.165) is 17.3 Å². The SMILES string of the molecule is CSC1CCCCC1NC1CCCSC1. The van der Waals surface area contributed by atoms with E-state index in [1.165, 1.54) is 50.0 Å². The predicted molar refractivity (Wildman–Crippen MR) is 73.0 cm³/mol. The van der Waals surface area contributed by atoms with Gasteiger partial charge in [0.05, 0.1) is 0 Å². The smallest absolute Gasteiger partial charge is 0.0198 e. The lowest BCUT2D eigenvalue weighted by Gasteiger charge is -2.35. The van der Waals surface area contributed by atoms with Crippen LogP contribution in [0.5, 0.6) is 0 Å². The van der Waals surface area contributed by atoms with Crippen molar-refractivity contribution in [2.45, 2.75) is 55.9 Å². The summed E-state index contributed by atoms with van der Waals surface area (Å²) in [4.78, 5) is 0. The molecule has 0 aromatic heterocycles. The summed E-state index contributed by atoms with van der Waals surface area (Å²) < 4.78 is 0. The molecular weight excluding hydrogens is 222 g/mol. The van der Waals surface area contributed by atoms with Gasteiger partial charge >= 0.3 is 0 Å². The molecule has 2 rings (SSSR count). The van der Waals surface area contributed by atoms with Crippen LogP contribution in [0.25, 0.3) is 0 Å². The molecule has 3 unspecified atom stereocenters. The van der Waals surface area contributed by atoms with Gasteiger partial charge in [-0.3, -0.25) is 0 Å². The minimum Gasteiger partial charge on any atom is -0.309 e. The molecule has 3 heteroatoms. The van der Waals surface area contributed by atoms with Gasteiger partial charge in [0.2, 0.25) is 0 Å². The van der Waals surface area contributed by atoms with Gasteiger partial charge in [-0.1, -0.05) is 12.8 Å². The summed E-state index contributed by atoms with van der Waals surface area (Å²) in [6, 6.07) is 1.61. The zero-order chi connectivity index (χ0) is 10.5. The Kier molecular flexibility index (Phi) is 5.18. The minimum absolute atomic E-state index is 0.803. The van der Waals surface area contributed by atoms with Crippen molar-refractivity contribution in [1.29, 1.82) is 0 Å². The van der Waals surface area contributed by atoms with E-state index in [1.807, 2.05) is 0 Å². The fraction of sp³-hybridized carbons (Fsp3) is 1.00. The highest BCUT2D eigenvalue weighted by Crippen LogP contribution is 2.28. The van der Waals surface area contributed by atoms with Crippen molar-refractivity contribution < 1.29 is 0 Å². The molecule has 1 heterocycles. The van der Waals surface area contributed by atoms with Gasteiger partial charge in [0.15, 0.2) is 0 Å². The first-order valence-corrected chi connectivity index (χ1v) is 8.71. The van der Waals surface area contributed by atoms with E-state index in [-0.39, 0.29) is 0 Å². The summed E-state index contributed by atoms with van der Waals surface area (Å²) in [6.07, 6.45) is 10.8. The zero-order valence-corrected chi connectivity index (χ0v) is 11.3. The predicted octanol–water partition coefficient (Wildman–Crippen LogP) is 3.15. The summed E-state index contributed by atoms with van der Waals surface area (Å²) in [5.74, 6) is 2.73. The van der Waals surface area contributed by atoms with Gasteiger partial charge in [-0.2, -0.15) is 23.5 Å². The molecule has 0 amide bonds. The molecule has 2 fully saturated rings. The van der Waals surface area contributed by atoms with E-state index in [2.05, 4.69) is 35.1 Å². The highest BCUT2D eigenvalue weighted by atomic mass is 32.2. The van der Waals surface area contributed by atoms with Gasteiger partial charge in [-0.15, -0.1) is 0 Å². The molecule has 15 heavy (non-hydrogen) atoms. The third-order valence-electron chi connectivity index (χ3n) is 3.62. The van der Waals surface area contributed by atoms with Gasteiger partial charge in [0.25, 0.3) is 0 Å². The lowest BCUT2D eigenvalue weighted by atomic mass is 9.94. The van der Waals surface area contributed by atoms with Gasteiger partial charge in [-0.25, -0.2) is 0 Å². The van der Waals surface area contributed by atoms with Crippen LogP contribution in [0.2, 0.25) is 0 Å². The zero-order valence-electron chi connectivity index (χ0n) is 9.71. The van der Waals surface area contributed by atoms with Crippen LogP contribution in [0, 0.1) is 0 Å². The normalized spacial score (nSPS) is 37.8. The van der Waals surface area contributed by atoms with Crippen LogP contribution in [0.1, 0.15) is 38.5 Å². The van der Waals surface area contributed by atoms with Crippen molar-refractivity contribution in [2.24, 2.45) is 0 Å². The first-order valence-electron chi connectivity index (χ1n) is 6.26. The molecule has 3 atom stereocenters. The van der Waals surface area contributed by atoms with E-state index >= 15 is 0 Å². The molecule has 1 aliphatic carbocycles. The molecule has 1 aliphatic heterocycles. The molecule has 1 nitrogen and oxygen atoms in total. The van der Waals surface area contributed by atoms with Crippen molar-refractivity contribution in [2.75, 3.05) is 17.8 Å². The van der Waals surface area contributed by atoms with Crippen LogP contribution in [0.15, 0.2) is 0 Å². The van der Waals surface area contributed by atoms with E-state index in [4.69, 9.17) is 0 Å². The molecular formula is C12H23NS2. The minimum atomic E-state index is 0.803. The van der Waals surface area contributed by atoms with Crippen molar-refractivity contribution >= 4 is 23.5 Å². The topological polar surface area (TPSA) is 12.0 Å². The van der Waals surface area contributed by atoms with Crippen LogP contribution in [0.4, 0.5) is 0 Å². The molecule has 2 aliphatic rings. The van der Waals surface area contributed by atoms with E-state index in [1.54, 1.807) is 0 Å². The summed E-state index contributed by atoms with van der Waals surface area (Å²) in [5.41, 5.74) is 0. The summed E-state index contributed by atoms with van der Waals surface area (Å²) in [5, 5.41) is 4.80. The van der Waals surface area contributed by atoms with E-state index < -0.39 is 0 Å². The highest BCUT2D eigenvalue weighted by Gasteiger charge is 2.26. The van der Waals surface area contributed by atoms with Crippen molar-refractivity contribution in [3.05, 3.63) is 0 Å². The van der Waals surface area contributed by atoms with Crippen LogP contribution < -0.4 is 5.32 Å². The van der Waals surface area contributed by atoms with E-state index in [0.29, 0.717) is 0 Å². The summed E-state index contributed by atoms with van der Waals surface area (Å²) in [7, 11) is 0. The first-order chi connectivity index (χ1) is 7.40. The Labute approximate surface area is 103 Å². The Morgan fingerprint density at radius 1 is 1.13 bits per heavy atom. The second-order valence-electron chi connectivity index (χ2n) is 4.75. The van der Waals surface area contributed by atoms with Crippen LogP contribution in [0.3, 0.4) is 0 Å². The monoisotopic (exact) mass is 245 g/mol. The molecule has 88 valence electrons. The lowest BCUT2D eigenvalue weighted by molar-refractivity contribution is 0.345. The summed E-state index contributed by atoms with van der Waals surface area (Å²) >= 11 is 4.20. The third-order valence-corrected chi connectivity index (χ3v) is 6.00. The largest absolute Gasteiger partial charge is 0.309 e. The first kappa shape index (κ1) is 12.1. The number of thioether (sulfide) groups is 2. The Morgan fingerprint density at radius 2 is 2.00 bits per heavy atom. The van der Waals surface area contributed by atoms with Crippen LogP contribution >= 0.6 is 23.5 Å². The molecule has 0 aromatic rings. The number of hydrogen-bond donors (Lipinski definition) is 1. The summed E-state index contributed by atoms with van der Waals surface area (Å²) in [6.45, 7) is 0. The second-order valence-corrected chi connectivity index (χ2v) is 6.97. The highest BCUT2D eigenvalue weighted by molar-refractivity contribution is 7.99. The van der Waals surface area contributed by atoms with Crippen LogP contribution in [-0.4, -0.2) is 35.1 Å². The molecule has 0 radical (unpaired) electrons. The molecule has 0 spiro atoms. The van der Waals surface area contributed by atoms with Gasteiger partial charge in [0.1, 0.15) is 0 Å². The standard InChI is InChI=1S/C12H23NS2/c1-14-12-7-3-2-6-11(12)13-10-5-4-8-15-9-10/h10-13H,2-9H2,1H3. The quantitative estimate of drug-likeness (QED) is 0.820. The Hall–Kier alpha value is 0.660. The maximum absolute atomic E-state index is 3.92. The van der Waals surface area contributed by atoms with Crippen molar-refractivity contribution in [3.63, 3.8) is 0 Å².